The van der Waals surface area contributed by atoms with E-state index in [1.54, 1.807) is 0 Å². The summed E-state index contributed by atoms with van der Waals surface area (Å²) in [5.41, 5.74) is 7.54. The summed E-state index contributed by atoms with van der Waals surface area (Å²) < 4.78 is 0. The minimum Gasteiger partial charge on any atom is -0.310 e. The second kappa shape index (κ2) is 12.2. The van der Waals surface area contributed by atoms with Gasteiger partial charge in [0, 0.05) is 33.5 Å². The van der Waals surface area contributed by atoms with Crippen LogP contribution in [0.2, 0.25) is 19.6 Å². The van der Waals surface area contributed by atoms with Crippen LogP contribution in [0.1, 0.15) is 0 Å². The van der Waals surface area contributed by atoms with Crippen molar-refractivity contribution in [1.29, 1.82) is 0 Å². The van der Waals surface area contributed by atoms with Crippen molar-refractivity contribution in [1.82, 2.24) is 0 Å². The fraction of sp³-hybridized carbons (Fsp3) is 0.0667. The summed E-state index contributed by atoms with van der Waals surface area (Å²) in [6.07, 6.45) is 0. The van der Waals surface area contributed by atoms with Crippen LogP contribution in [0.5, 0.6) is 0 Å². The molecule has 0 amide bonds. The topological polar surface area (TPSA) is 15.2 Å². The van der Waals surface area contributed by atoms with Gasteiger partial charge in [0.2, 0.25) is 0 Å². The summed E-state index contributed by atoms with van der Waals surface area (Å²) >= 11 is 0. The van der Waals surface area contributed by atoms with E-state index in [1.165, 1.54) is 26.7 Å². The molecule has 0 aromatic heterocycles. The summed E-state index contributed by atoms with van der Waals surface area (Å²) in [7, 11) is -1.49. The summed E-state index contributed by atoms with van der Waals surface area (Å²) in [4.78, 5) is 11.9. The smallest absolute Gasteiger partial charge is 0.187 e. The maximum atomic E-state index is 7.54. The number of nitrogens with zero attached hydrogens (tertiary/aromatic N) is 4. The van der Waals surface area contributed by atoms with Crippen molar-refractivity contribution in [3.8, 4) is 0 Å². The Balaban J connectivity index is 1.37. The SMILES string of the molecule is [C-]#[N+]c1ccc(N(c2ccccc2)c2ccc3ccc4c(N(c5ccc([N+]#[C-])cc5)c5ccc([Si](C)(C)C)cc5)ccc5ccc2c3c54)cc1. The highest BCUT2D eigenvalue weighted by molar-refractivity contribution is 6.88. The Bertz CT molecular complexity index is 2570. The first kappa shape index (κ1) is 30.9. The van der Waals surface area contributed by atoms with Crippen LogP contribution in [0.4, 0.5) is 45.5 Å². The molecule has 0 aliphatic carbocycles. The molecule has 50 heavy (non-hydrogen) atoms. The molecule has 0 spiro atoms. The first-order valence-electron chi connectivity index (χ1n) is 16.8. The van der Waals surface area contributed by atoms with Gasteiger partial charge in [0.05, 0.1) is 32.6 Å². The van der Waals surface area contributed by atoms with Crippen LogP contribution in [-0.4, -0.2) is 8.07 Å². The minimum atomic E-state index is -1.49. The molecule has 8 rings (SSSR count). The number of hydrogen-bond donors (Lipinski definition) is 0. The van der Waals surface area contributed by atoms with Gasteiger partial charge < -0.3 is 9.80 Å². The third-order valence-electron chi connectivity index (χ3n) is 9.58. The fourth-order valence-electron chi connectivity index (χ4n) is 7.05. The Morgan fingerprint density at radius 1 is 0.420 bits per heavy atom. The molecular weight excluding hydrogens is 625 g/mol. The quantitative estimate of drug-likeness (QED) is 0.0962. The summed E-state index contributed by atoms with van der Waals surface area (Å²) in [5, 5.41) is 8.54. The first-order chi connectivity index (χ1) is 24.3. The number of para-hydroxylation sites is 1. The zero-order chi connectivity index (χ0) is 34.4. The van der Waals surface area contributed by atoms with Crippen molar-refractivity contribution in [2.24, 2.45) is 0 Å². The number of benzene rings is 8. The van der Waals surface area contributed by atoms with Gasteiger partial charge in [-0.05, 0) is 82.2 Å². The van der Waals surface area contributed by atoms with E-state index in [9.17, 15) is 0 Å². The van der Waals surface area contributed by atoms with Crippen molar-refractivity contribution in [2.45, 2.75) is 19.6 Å². The van der Waals surface area contributed by atoms with Crippen molar-refractivity contribution < 1.29 is 0 Å². The molecule has 0 aliphatic heterocycles. The Labute approximate surface area is 294 Å². The average molecular weight is 659 g/mol. The molecular formula is C45H34N4Si. The van der Waals surface area contributed by atoms with Crippen molar-refractivity contribution in [3.05, 3.63) is 174 Å². The fourth-order valence-corrected chi connectivity index (χ4v) is 8.22. The minimum absolute atomic E-state index is 0.619. The highest BCUT2D eigenvalue weighted by Gasteiger charge is 2.22. The zero-order valence-electron chi connectivity index (χ0n) is 28.2. The van der Waals surface area contributed by atoms with Crippen LogP contribution >= 0.6 is 0 Å². The molecule has 0 N–H and O–H groups in total. The lowest BCUT2D eigenvalue weighted by Gasteiger charge is -2.29. The molecule has 0 aliphatic rings. The van der Waals surface area contributed by atoms with Crippen LogP contribution < -0.4 is 15.0 Å². The lowest BCUT2D eigenvalue weighted by Crippen LogP contribution is -2.37. The largest absolute Gasteiger partial charge is 0.310 e. The van der Waals surface area contributed by atoms with E-state index in [0.717, 1.165) is 44.9 Å². The maximum absolute atomic E-state index is 7.54. The molecule has 0 atom stereocenters. The van der Waals surface area contributed by atoms with Crippen LogP contribution in [0.15, 0.2) is 152 Å². The predicted octanol–water partition coefficient (Wildman–Crippen LogP) is 13.2. The highest BCUT2D eigenvalue weighted by Crippen LogP contribution is 2.47. The monoisotopic (exact) mass is 658 g/mol. The Hall–Kier alpha value is -6.40. The summed E-state index contributed by atoms with van der Waals surface area (Å²) in [6.45, 7) is 22.1. The number of anilines is 6. The van der Waals surface area contributed by atoms with Crippen LogP contribution in [-0.2, 0) is 0 Å². The van der Waals surface area contributed by atoms with Gasteiger partial charge in [0.15, 0.2) is 11.4 Å². The van der Waals surface area contributed by atoms with E-state index < -0.39 is 8.07 Å². The molecule has 0 saturated carbocycles. The Morgan fingerprint density at radius 2 is 0.800 bits per heavy atom. The van der Waals surface area contributed by atoms with Crippen molar-refractivity contribution >= 4 is 91.1 Å². The van der Waals surface area contributed by atoms with Gasteiger partial charge in [-0.2, -0.15) is 0 Å². The van der Waals surface area contributed by atoms with Crippen LogP contribution in [0.25, 0.3) is 42.0 Å². The van der Waals surface area contributed by atoms with Gasteiger partial charge in [0.1, 0.15) is 0 Å². The molecule has 8 aromatic rings. The van der Waals surface area contributed by atoms with E-state index >= 15 is 0 Å². The van der Waals surface area contributed by atoms with E-state index in [1.807, 2.05) is 54.6 Å². The van der Waals surface area contributed by atoms with Gasteiger partial charge in [0.25, 0.3) is 0 Å². The maximum Gasteiger partial charge on any atom is 0.187 e. The summed E-state index contributed by atoms with van der Waals surface area (Å²) in [5.74, 6) is 0. The molecule has 0 bridgehead atoms. The molecule has 0 saturated heterocycles. The average Bonchev–Trinajstić information content (AvgIpc) is 3.16. The normalized spacial score (nSPS) is 11.5. The lowest BCUT2D eigenvalue weighted by molar-refractivity contribution is 1.30. The molecule has 0 radical (unpaired) electrons. The van der Waals surface area contributed by atoms with Crippen LogP contribution in [0, 0.1) is 13.1 Å². The number of rotatable bonds is 7. The third kappa shape index (κ3) is 5.31. The van der Waals surface area contributed by atoms with Crippen molar-refractivity contribution in [3.63, 3.8) is 0 Å². The first-order valence-corrected chi connectivity index (χ1v) is 20.3. The second-order valence-electron chi connectivity index (χ2n) is 13.7. The standard InChI is InChI=1S/C45H34N4Si/c1-46-33-15-19-36(20-16-33)48(35-9-7-6-8-10-35)42-29-13-31-12-28-41-43(30-14-32-11-27-40(42)44(31)45(32)41)49(37-21-17-34(47-2)18-22-37)38-23-25-39(26-24-38)50(3,4)5/h6-30H,3-5H3. The van der Waals surface area contributed by atoms with E-state index in [-0.39, 0.29) is 0 Å². The molecule has 0 unspecified atom stereocenters. The van der Waals surface area contributed by atoms with E-state index in [2.05, 4.69) is 136 Å². The number of hydrogen-bond acceptors (Lipinski definition) is 2. The van der Waals surface area contributed by atoms with Gasteiger partial charge >= 0.3 is 0 Å². The molecule has 0 fully saturated rings. The molecule has 238 valence electrons. The molecule has 5 heteroatoms. The molecule has 4 nitrogen and oxygen atoms in total. The Morgan fingerprint density at radius 3 is 1.20 bits per heavy atom. The van der Waals surface area contributed by atoms with Crippen molar-refractivity contribution in [2.75, 3.05) is 9.80 Å². The third-order valence-corrected chi connectivity index (χ3v) is 11.6. The molecule has 8 aromatic carbocycles. The van der Waals surface area contributed by atoms with E-state index in [4.69, 9.17) is 13.1 Å². The van der Waals surface area contributed by atoms with E-state index in [0.29, 0.717) is 11.4 Å². The van der Waals surface area contributed by atoms with Gasteiger partial charge in [-0.1, -0.05) is 116 Å². The lowest BCUT2D eigenvalue weighted by atomic mass is 9.91. The van der Waals surface area contributed by atoms with Gasteiger partial charge in [-0.3, -0.25) is 0 Å². The second-order valence-corrected chi connectivity index (χ2v) is 18.7. The predicted molar refractivity (Wildman–Crippen MR) is 215 cm³/mol. The summed E-state index contributed by atoms with van der Waals surface area (Å²) in [6, 6.07) is 53.1. The molecule has 0 heterocycles. The van der Waals surface area contributed by atoms with Gasteiger partial charge in [-0.15, -0.1) is 0 Å². The van der Waals surface area contributed by atoms with Gasteiger partial charge in [-0.25, -0.2) is 9.69 Å². The highest BCUT2D eigenvalue weighted by atomic mass is 28.3. The Kier molecular flexibility index (Phi) is 7.56. The zero-order valence-corrected chi connectivity index (χ0v) is 29.2. The van der Waals surface area contributed by atoms with Crippen LogP contribution in [0.3, 0.4) is 0 Å².